The second kappa shape index (κ2) is 6.93. The average molecular weight is 378 g/mol. The molecule has 1 atom stereocenters. The minimum Gasteiger partial charge on any atom is -0.349 e. The van der Waals surface area contributed by atoms with Crippen LogP contribution in [0.4, 0.5) is 13.2 Å². The molecular weight excluding hydrogens is 361 g/mol. The molecule has 3 heterocycles. The summed E-state index contributed by atoms with van der Waals surface area (Å²) in [6.07, 6.45) is -1.40. The summed E-state index contributed by atoms with van der Waals surface area (Å²) in [5.74, 6) is -1.69. The largest absolute Gasteiger partial charge is 0.453 e. The fourth-order valence-corrected chi connectivity index (χ4v) is 2.75. The first-order chi connectivity index (χ1) is 12.7. The van der Waals surface area contributed by atoms with Gasteiger partial charge in [0.1, 0.15) is 0 Å². The van der Waals surface area contributed by atoms with E-state index in [0.717, 1.165) is 10.1 Å². The van der Waals surface area contributed by atoms with Crippen LogP contribution in [-0.2, 0) is 17.4 Å². The third kappa shape index (κ3) is 3.88. The number of hydrogen-bond acceptors (Lipinski definition) is 5. The lowest BCUT2D eigenvalue weighted by molar-refractivity contribution is -0.144. The van der Waals surface area contributed by atoms with Gasteiger partial charge >= 0.3 is 6.18 Å². The highest BCUT2D eigenvalue weighted by molar-refractivity contribution is 5.79. The third-order valence-electron chi connectivity index (χ3n) is 4.20. The van der Waals surface area contributed by atoms with E-state index in [1.54, 1.807) is 32.3 Å². The summed E-state index contributed by atoms with van der Waals surface area (Å²) in [5.41, 5.74) is 2.19. The second-order valence-electron chi connectivity index (χ2n) is 6.16. The first-order valence-electron chi connectivity index (χ1n) is 8.16. The smallest absolute Gasteiger partial charge is 0.349 e. The van der Waals surface area contributed by atoms with Crippen LogP contribution in [0.2, 0.25) is 0 Å². The number of alkyl halides is 3. The predicted molar refractivity (Wildman–Crippen MR) is 89.8 cm³/mol. The lowest BCUT2D eigenvalue weighted by atomic mass is 10.1. The number of nitrogens with one attached hydrogen (secondary N) is 1. The zero-order chi connectivity index (χ0) is 19.8. The van der Waals surface area contributed by atoms with E-state index in [4.69, 9.17) is 0 Å². The Morgan fingerprint density at radius 1 is 1.30 bits per heavy atom. The van der Waals surface area contributed by atoms with Gasteiger partial charge in [-0.1, -0.05) is 6.07 Å². The molecule has 3 aromatic rings. The molecule has 142 valence electrons. The molecule has 0 aliphatic rings. The van der Waals surface area contributed by atoms with Crippen molar-refractivity contribution in [3.05, 3.63) is 52.9 Å². The molecular formula is C17H17F3N6O. The zero-order valence-electron chi connectivity index (χ0n) is 14.9. The van der Waals surface area contributed by atoms with Crippen LogP contribution in [0, 0.1) is 13.8 Å². The Labute approximate surface area is 152 Å². The van der Waals surface area contributed by atoms with Crippen molar-refractivity contribution in [1.29, 1.82) is 0 Å². The van der Waals surface area contributed by atoms with Gasteiger partial charge in [-0.05, 0) is 32.4 Å². The fraction of sp³-hybridized carbons (Fsp3) is 0.353. The van der Waals surface area contributed by atoms with Crippen LogP contribution in [0.15, 0.2) is 24.5 Å². The van der Waals surface area contributed by atoms with E-state index in [1.165, 1.54) is 0 Å². The maximum absolute atomic E-state index is 12.8. The number of carbonyl (C=O) groups excluding carboxylic acids is 1. The molecule has 1 amide bonds. The standard InChI is InChI=1S/C17H17F3N6O/c1-9(12-5-4-6-21-8-12)22-14(27)7-13-10(2)23-16-24-15(17(18,19)20)25-26(16)11(13)3/h4-6,8-9H,7H2,1-3H3,(H,22,27). The Morgan fingerprint density at radius 3 is 2.67 bits per heavy atom. The molecule has 10 heteroatoms. The number of aromatic nitrogens is 5. The number of fused-ring (bicyclic) bond motifs is 1. The summed E-state index contributed by atoms with van der Waals surface area (Å²) in [5, 5.41) is 6.32. The molecule has 0 saturated carbocycles. The van der Waals surface area contributed by atoms with Crippen molar-refractivity contribution in [1.82, 2.24) is 29.9 Å². The minimum atomic E-state index is -4.66. The number of nitrogens with zero attached hydrogens (tertiary/aromatic N) is 5. The maximum Gasteiger partial charge on any atom is 0.453 e. The lowest BCUT2D eigenvalue weighted by Gasteiger charge is -2.15. The minimum absolute atomic E-state index is 0.0353. The van der Waals surface area contributed by atoms with Gasteiger partial charge in [0, 0.05) is 29.3 Å². The lowest BCUT2D eigenvalue weighted by Crippen LogP contribution is -2.29. The number of hydrogen-bond donors (Lipinski definition) is 1. The molecule has 3 aromatic heterocycles. The molecule has 0 aliphatic heterocycles. The molecule has 0 aromatic carbocycles. The van der Waals surface area contributed by atoms with E-state index >= 15 is 0 Å². The van der Waals surface area contributed by atoms with Gasteiger partial charge in [0.15, 0.2) is 0 Å². The number of pyridine rings is 1. The normalized spacial score (nSPS) is 13.0. The summed E-state index contributed by atoms with van der Waals surface area (Å²) >= 11 is 0. The maximum atomic E-state index is 12.8. The Kier molecular flexibility index (Phi) is 4.81. The van der Waals surface area contributed by atoms with Gasteiger partial charge in [0.05, 0.1) is 12.5 Å². The summed E-state index contributed by atoms with van der Waals surface area (Å²) in [6.45, 7) is 5.04. The van der Waals surface area contributed by atoms with Crippen LogP contribution in [-0.4, -0.2) is 30.5 Å². The van der Waals surface area contributed by atoms with Crippen molar-refractivity contribution in [2.75, 3.05) is 0 Å². The predicted octanol–water partition coefficient (Wildman–Crippen LogP) is 2.57. The van der Waals surface area contributed by atoms with E-state index in [2.05, 4.69) is 25.4 Å². The first-order valence-corrected chi connectivity index (χ1v) is 8.16. The second-order valence-corrected chi connectivity index (χ2v) is 6.16. The number of carbonyl (C=O) groups is 1. The van der Waals surface area contributed by atoms with Gasteiger partial charge in [-0.15, -0.1) is 5.10 Å². The summed E-state index contributed by atoms with van der Waals surface area (Å²) < 4.78 is 39.5. The van der Waals surface area contributed by atoms with E-state index in [0.29, 0.717) is 17.0 Å². The highest BCUT2D eigenvalue weighted by Crippen LogP contribution is 2.27. The molecule has 27 heavy (non-hydrogen) atoms. The van der Waals surface area contributed by atoms with Gasteiger partial charge in [-0.3, -0.25) is 9.78 Å². The molecule has 3 rings (SSSR count). The van der Waals surface area contributed by atoms with Crippen molar-refractivity contribution in [2.45, 2.75) is 39.4 Å². The average Bonchev–Trinajstić information content (AvgIpc) is 3.04. The van der Waals surface area contributed by atoms with Gasteiger partial charge < -0.3 is 5.32 Å². The van der Waals surface area contributed by atoms with Crippen LogP contribution < -0.4 is 5.32 Å². The van der Waals surface area contributed by atoms with E-state index < -0.39 is 12.0 Å². The molecule has 0 radical (unpaired) electrons. The fourth-order valence-electron chi connectivity index (χ4n) is 2.75. The molecule has 1 N–H and O–H groups in total. The zero-order valence-corrected chi connectivity index (χ0v) is 14.9. The number of amides is 1. The van der Waals surface area contributed by atoms with Crippen LogP contribution in [0.1, 0.15) is 41.3 Å². The molecule has 0 spiro atoms. The Morgan fingerprint density at radius 2 is 2.04 bits per heavy atom. The highest BCUT2D eigenvalue weighted by Gasteiger charge is 2.37. The van der Waals surface area contributed by atoms with Crippen molar-refractivity contribution in [2.24, 2.45) is 0 Å². The summed E-state index contributed by atoms with van der Waals surface area (Å²) in [7, 11) is 0. The molecule has 0 saturated heterocycles. The van der Waals surface area contributed by atoms with Crippen molar-refractivity contribution < 1.29 is 18.0 Å². The van der Waals surface area contributed by atoms with Crippen LogP contribution in [0.25, 0.3) is 5.78 Å². The Balaban J connectivity index is 1.85. The SMILES string of the molecule is Cc1nc2nc(C(F)(F)F)nn2c(C)c1CC(=O)NC(C)c1cccnc1. The van der Waals surface area contributed by atoms with Gasteiger partial charge in [0.25, 0.3) is 11.6 Å². The van der Waals surface area contributed by atoms with E-state index in [9.17, 15) is 18.0 Å². The third-order valence-corrected chi connectivity index (χ3v) is 4.20. The number of rotatable bonds is 4. The number of halogens is 3. The quantitative estimate of drug-likeness (QED) is 0.754. The van der Waals surface area contributed by atoms with Crippen LogP contribution >= 0.6 is 0 Å². The van der Waals surface area contributed by atoms with Crippen molar-refractivity contribution in [3.63, 3.8) is 0 Å². The molecule has 0 bridgehead atoms. The highest BCUT2D eigenvalue weighted by atomic mass is 19.4. The summed E-state index contributed by atoms with van der Waals surface area (Å²) in [6, 6.07) is 3.36. The van der Waals surface area contributed by atoms with Crippen LogP contribution in [0.5, 0.6) is 0 Å². The molecule has 0 aliphatic carbocycles. The monoisotopic (exact) mass is 378 g/mol. The van der Waals surface area contributed by atoms with E-state index in [-0.39, 0.29) is 24.1 Å². The molecule has 0 fully saturated rings. The topological polar surface area (TPSA) is 85.1 Å². The number of aryl methyl sites for hydroxylation is 2. The molecule has 1 unspecified atom stereocenters. The van der Waals surface area contributed by atoms with Gasteiger partial charge in [-0.25, -0.2) is 9.50 Å². The van der Waals surface area contributed by atoms with Crippen LogP contribution in [0.3, 0.4) is 0 Å². The molecule has 7 nitrogen and oxygen atoms in total. The van der Waals surface area contributed by atoms with Gasteiger partial charge in [-0.2, -0.15) is 18.2 Å². The summed E-state index contributed by atoms with van der Waals surface area (Å²) in [4.78, 5) is 23.9. The van der Waals surface area contributed by atoms with Crippen molar-refractivity contribution in [3.8, 4) is 0 Å². The Hall–Kier alpha value is -3.04. The Bertz CT molecular complexity index is 984. The van der Waals surface area contributed by atoms with Crippen molar-refractivity contribution >= 4 is 11.7 Å². The van der Waals surface area contributed by atoms with E-state index in [1.807, 2.05) is 13.0 Å². The van der Waals surface area contributed by atoms with Gasteiger partial charge in [0.2, 0.25) is 5.91 Å². The first kappa shape index (κ1) is 18.7.